The second-order valence-electron chi connectivity index (χ2n) is 5.29. The number of rotatable bonds is 6. The molecule has 0 saturated heterocycles. The third-order valence-corrected chi connectivity index (χ3v) is 4.39. The van der Waals surface area contributed by atoms with Gasteiger partial charge in [0.25, 0.3) is 0 Å². The summed E-state index contributed by atoms with van der Waals surface area (Å²) in [5.41, 5.74) is 1.90. The lowest BCUT2D eigenvalue weighted by Crippen LogP contribution is -2.08. The minimum atomic E-state index is -0.632. The van der Waals surface area contributed by atoms with Crippen LogP contribution in [0, 0.1) is 6.92 Å². The second-order valence-corrected chi connectivity index (χ2v) is 6.46. The molecule has 0 spiro atoms. The Hall–Kier alpha value is -1.82. The topological polar surface area (TPSA) is 61.2 Å². The van der Waals surface area contributed by atoms with Crippen LogP contribution in [0.1, 0.15) is 23.7 Å². The molecule has 2 rings (SSSR count). The van der Waals surface area contributed by atoms with E-state index in [0.29, 0.717) is 38.6 Å². The molecule has 0 aliphatic heterocycles. The molecule has 0 N–H and O–H groups in total. The van der Waals surface area contributed by atoms with Crippen molar-refractivity contribution in [3.63, 3.8) is 0 Å². The van der Waals surface area contributed by atoms with Crippen LogP contribution in [0.25, 0.3) is 6.08 Å². The zero-order chi connectivity index (χ0) is 18.6. The van der Waals surface area contributed by atoms with Crippen LogP contribution in [0.3, 0.4) is 0 Å². The van der Waals surface area contributed by atoms with Crippen LogP contribution in [0.15, 0.2) is 24.3 Å². The van der Waals surface area contributed by atoms with Crippen LogP contribution in [0.4, 0.5) is 0 Å². The van der Waals surface area contributed by atoms with Gasteiger partial charge in [0, 0.05) is 27.2 Å². The molecule has 0 radical (unpaired) electrons. The molecule has 0 saturated carbocycles. The Labute approximate surface area is 160 Å². The molecule has 0 aliphatic carbocycles. The van der Waals surface area contributed by atoms with Crippen molar-refractivity contribution in [2.24, 2.45) is 0 Å². The van der Waals surface area contributed by atoms with E-state index in [9.17, 15) is 9.59 Å². The number of Topliss-reactive ketones (excluding diaryl/α,β-unsaturated/α-hetero) is 1. The highest BCUT2D eigenvalue weighted by atomic mass is 35.5. The number of benzene rings is 1. The normalized spacial score (nSPS) is 11.1. The fraction of sp³-hybridized carbons (Fsp3) is 0.235. The number of aryl methyl sites for hydroxylation is 1. The Morgan fingerprint density at radius 2 is 1.88 bits per heavy atom. The molecular formula is C17H15Cl3N2O3. The van der Waals surface area contributed by atoms with Gasteiger partial charge < -0.3 is 4.74 Å². The van der Waals surface area contributed by atoms with Gasteiger partial charge >= 0.3 is 5.97 Å². The van der Waals surface area contributed by atoms with Crippen molar-refractivity contribution in [3.8, 4) is 0 Å². The van der Waals surface area contributed by atoms with Gasteiger partial charge in [-0.25, -0.2) is 9.48 Å². The molecule has 0 unspecified atom stereocenters. The number of halogens is 3. The number of ketones is 1. The third kappa shape index (κ3) is 5.08. The summed E-state index contributed by atoms with van der Waals surface area (Å²) >= 11 is 18.7. The predicted octanol–water partition coefficient (Wildman–Crippen LogP) is 4.35. The number of aromatic nitrogens is 2. The number of nitrogens with zero attached hydrogens (tertiary/aromatic N) is 2. The van der Waals surface area contributed by atoms with Crippen molar-refractivity contribution in [2.75, 3.05) is 6.61 Å². The van der Waals surface area contributed by atoms with Crippen LogP contribution >= 0.6 is 34.8 Å². The molecule has 5 nitrogen and oxygen atoms in total. The van der Waals surface area contributed by atoms with Crippen LogP contribution in [-0.2, 0) is 20.9 Å². The first-order valence-electron chi connectivity index (χ1n) is 7.29. The van der Waals surface area contributed by atoms with E-state index < -0.39 is 5.97 Å². The average Bonchev–Trinajstić information content (AvgIpc) is 2.81. The molecule has 1 aromatic carbocycles. The van der Waals surface area contributed by atoms with Crippen molar-refractivity contribution >= 4 is 52.6 Å². The first kappa shape index (κ1) is 19.5. The Bertz CT molecular complexity index is 824. The molecular weight excluding hydrogens is 387 g/mol. The fourth-order valence-corrected chi connectivity index (χ4v) is 2.88. The number of carbonyl (C=O) groups is 2. The monoisotopic (exact) mass is 400 g/mol. The maximum Gasteiger partial charge on any atom is 0.331 e. The summed E-state index contributed by atoms with van der Waals surface area (Å²) < 4.78 is 6.30. The quantitative estimate of drug-likeness (QED) is 0.533. The highest BCUT2D eigenvalue weighted by molar-refractivity contribution is 6.36. The average molecular weight is 402 g/mol. The van der Waals surface area contributed by atoms with E-state index in [1.807, 2.05) is 0 Å². The van der Waals surface area contributed by atoms with Gasteiger partial charge in [0.15, 0.2) is 5.78 Å². The standard InChI is InChI=1S/C17H15Cl3N2O3/c1-10(23)9-25-16(24)7-6-12-11(2)21-22(17(12)20)8-13-14(18)4-3-5-15(13)19/h3-7H,8-9H2,1-2H3. The van der Waals surface area contributed by atoms with Crippen molar-refractivity contribution < 1.29 is 14.3 Å². The summed E-state index contributed by atoms with van der Waals surface area (Å²) in [4.78, 5) is 22.4. The van der Waals surface area contributed by atoms with Gasteiger partial charge in [-0.05, 0) is 32.1 Å². The zero-order valence-electron chi connectivity index (χ0n) is 13.6. The Morgan fingerprint density at radius 1 is 1.24 bits per heavy atom. The van der Waals surface area contributed by atoms with Crippen LogP contribution in [0.5, 0.6) is 0 Å². The van der Waals surface area contributed by atoms with E-state index in [1.165, 1.54) is 19.1 Å². The zero-order valence-corrected chi connectivity index (χ0v) is 15.8. The molecule has 0 bridgehead atoms. The van der Waals surface area contributed by atoms with Gasteiger partial charge in [0.2, 0.25) is 0 Å². The lowest BCUT2D eigenvalue weighted by molar-refractivity contribution is -0.142. The van der Waals surface area contributed by atoms with E-state index in [2.05, 4.69) is 5.10 Å². The van der Waals surface area contributed by atoms with Crippen molar-refractivity contribution in [1.82, 2.24) is 9.78 Å². The first-order valence-corrected chi connectivity index (χ1v) is 8.43. The number of esters is 1. The van der Waals surface area contributed by atoms with Crippen molar-refractivity contribution in [3.05, 3.63) is 56.3 Å². The summed E-state index contributed by atoms with van der Waals surface area (Å²) in [5, 5.41) is 5.72. The molecule has 0 fully saturated rings. The third-order valence-electron chi connectivity index (χ3n) is 3.28. The fourth-order valence-electron chi connectivity index (χ4n) is 2.07. The van der Waals surface area contributed by atoms with Crippen LogP contribution < -0.4 is 0 Å². The number of hydrogen-bond donors (Lipinski definition) is 0. The van der Waals surface area contributed by atoms with E-state index in [-0.39, 0.29) is 12.4 Å². The summed E-state index contributed by atoms with van der Waals surface area (Å²) in [6.45, 7) is 3.13. The molecule has 0 amide bonds. The molecule has 0 aliphatic rings. The summed E-state index contributed by atoms with van der Waals surface area (Å²) in [5.74, 6) is -0.868. The molecule has 8 heteroatoms. The molecule has 0 atom stereocenters. The van der Waals surface area contributed by atoms with Gasteiger partial charge in [-0.1, -0.05) is 40.9 Å². The Kier molecular flexibility index (Phi) is 6.64. The number of ether oxygens (including phenoxy) is 1. The maximum atomic E-state index is 11.6. The summed E-state index contributed by atoms with van der Waals surface area (Å²) in [7, 11) is 0. The SMILES string of the molecule is CC(=O)COC(=O)C=Cc1c(C)nn(Cc2c(Cl)cccc2Cl)c1Cl. The minimum absolute atomic E-state index is 0.236. The van der Waals surface area contributed by atoms with E-state index >= 15 is 0 Å². The highest BCUT2D eigenvalue weighted by Crippen LogP contribution is 2.28. The van der Waals surface area contributed by atoms with E-state index in [0.717, 1.165) is 0 Å². The number of hydrogen-bond acceptors (Lipinski definition) is 4. The van der Waals surface area contributed by atoms with Gasteiger partial charge in [-0.3, -0.25) is 4.79 Å². The minimum Gasteiger partial charge on any atom is -0.455 e. The molecule has 1 heterocycles. The lowest BCUT2D eigenvalue weighted by atomic mass is 10.2. The summed E-state index contributed by atoms with van der Waals surface area (Å²) in [6.07, 6.45) is 2.70. The molecule has 2 aromatic rings. The summed E-state index contributed by atoms with van der Waals surface area (Å²) in [6, 6.07) is 5.22. The maximum absolute atomic E-state index is 11.6. The van der Waals surface area contributed by atoms with E-state index in [1.54, 1.807) is 29.8 Å². The molecule has 132 valence electrons. The second kappa shape index (κ2) is 8.52. The lowest BCUT2D eigenvalue weighted by Gasteiger charge is -2.08. The van der Waals surface area contributed by atoms with Gasteiger partial charge in [0.05, 0.1) is 12.2 Å². The van der Waals surface area contributed by atoms with Crippen molar-refractivity contribution in [1.29, 1.82) is 0 Å². The predicted molar refractivity (Wildman–Crippen MR) is 98.2 cm³/mol. The van der Waals surface area contributed by atoms with E-state index in [4.69, 9.17) is 39.5 Å². The van der Waals surface area contributed by atoms with Crippen LogP contribution in [-0.4, -0.2) is 28.1 Å². The highest BCUT2D eigenvalue weighted by Gasteiger charge is 2.14. The largest absolute Gasteiger partial charge is 0.455 e. The van der Waals surface area contributed by atoms with Crippen molar-refractivity contribution in [2.45, 2.75) is 20.4 Å². The van der Waals surface area contributed by atoms with Gasteiger partial charge in [0.1, 0.15) is 11.8 Å². The smallest absolute Gasteiger partial charge is 0.331 e. The molecule has 1 aromatic heterocycles. The van der Waals surface area contributed by atoms with Gasteiger partial charge in [-0.2, -0.15) is 5.10 Å². The Morgan fingerprint density at radius 3 is 2.48 bits per heavy atom. The number of carbonyl (C=O) groups excluding carboxylic acids is 2. The Balaban J connectivity index is 2.20. The first-order chi connectivity index (χ1) is 11.8. The van der Waals surface area contributed by atoms with Crippen LogP contribution in [0.2, 0.25) is 15.2 Å². The molecule has 25 heavy (non-hydrogen) atoms. The van der Waals surface area contributed by atoms with Gasteiger partial charge in [-0.15, -0.1) is 0 Å².